The molecule has 0 fully saturated rings. The van der Waals surface area contributed by atoms with Crippen molar-refractivity contribution in [2.75, 3.05) is 6.54 Å². The van der Waals surface area contributed by atoms with Crippen LogP contribution in [0.15, 0.2) is 0 Å². The topological polar surface area (TPSA) is 159 Å². The second-order valence-corrected chi connectivity index (χ2v) is 5.02. The van der Waals surface area contributed by atoms with E-state index in [-0.39, 0.29) is 18.8 Å². The van der Waals surface area contributed by atoms with Crippen molar-refractivity contribution in [1.29, 1.82) is 0 Å². The molecular weight excluding hydrogens is 294 g/mol. The molecule has 0 aliphatic rings. The van der Waals surface area contributed by atoms with Crippen molar-refractivity contribution in [2.24, 2.45) is 11.7 Å². The van der Waals surface area contributed by atoms with E-state index in [1.807, 2.05) is 6.92 Å². The van der Waals surface area contributed by atoms with Gasteiger partial charge in [0.15, 0.2) is 0 Å². The molecule has 2 amide bonds. The molecule has 6 N–H and O–H groups in total. The highest BCUT2D eigenvalue weighted by molar-refractivity contribution is 5.91. The number of hydrogen-bond acceptors (Lipinski definition) is 5. The fraction of sp³-hybridized carbons (Fsp3) is 0.692. The van der Waals surface area contributed by atoms with E-state index in [0.717, 1.165) is 0 Å². The lowest BCUT2D eigenvalue weighted by molar-refractivity contribution is -0.140. The number of amides is 2. The number of carbonyl (C=O) groups is 4. The maximum Gasteiger partial charge on any atom is 0.322 e. The van der Waals surface area contributed by atoms with E-state index in [9.17, 15) is 19.2 Å². The van der Waals surface area contributed by atoms with Gasteiger partial charge >= 0.3 is 11.9 Å². The normalized spacial score (nSPS) is 14.5. The van der Waals surface area contributed by atoms with Crippen LogP contribution in [0.1, 0.15) is 33.1 Å². The minimum Gasteiger partial charge on any atom is -0.481 e. The van der Waals surface area contributed by atoms with Gasteiger partial charge in [-0.1, -0.05) is 20.3 Å². The summed E-state index contributed by atoms with van der Waals surface area (Å²) < 4.78 is 0. The van der Waals surface area contributed by atoms with Gasteiger partial charge in [-0.25, -0.2) is 0 Å². The zero-order valence-corrected chi connectivity index (χ0v) is 12.7. The Morgan fingerprint density at radius 1 is 1.09 bits per heavy atom. The third-order valence-electron chi connectivity index (χ3n) is 3.25. The van der Waals surface area contributed by atoms with Gasteiger partial charge in [-0.2, -0.15) is 0 Å². The Balaban J connectivity index is 4.77. The van der Waals surface area contributed by atoms with Crippen molar-refractivity contribution >= 4 is 23.8 Å². The molecule has 22 heavy (non-hydrogen) atoms. The first-order chi connectivity index (χ1) is 10.2. The van der Waals surface area contributed by atoms with Crippen LogP contribution in [0, 0.1) is 5.92 Å². The van der Waals surface area contributed by atoms with Crippen molar-refractivity contribution in [2.45, 2.75) is 45.2 Å². The van der Waals surface area contributed by atoms with Crippen molar-refractivity contribution < 1.29 is 29.4 Å². The summed E-state index contributed by atoms with van der Waals surface area (Å²) in [7, 11) is 0. The summed E-state index contributed by atoms with van der Waals surface area (Å²) >= 11 is 0. The van der Waals surface area contributed by atoms with Gasteiger partial charge in [-0.3, -0.25) is 19.2 Å². The first kappa shape index (κ1) is 19.8. The summed E-state index contributed by atoms with van der Waals surface area (Å²) in [5, 5.41) is 21.7. The van der Waals surface area contributed by atoms with E-state index in [1.54, 1.807) is 6.92 Å². The van der Waals surface area contributed by atoms with Crippen molar-refractivity contribution in [3.05, 3.63) is 0 Å². The Labute approximate surface area is 128 Å². The summed E-state index contributed by atoms with van der Waals surface area (Å²) in [6.45, 7) is 3.02. The Bertz CT molecular complexity index is 426. The maximum atomic E-state index is 12.0. The summed E-state index contributed by atoms with van der Waals surface area (Å²) in [5.41, 5.74) is 5.74. The number of carbonyl (C=O) groups excluding carboxylic acids is 2. The van der Waals surface area contributed by atoms with Crippen LogP contribution < -0.4 is 16.4 Å². The lowest BCUT2D eigenvalue weighted by atomic mass is 9.98. The third-order valence-corrected chi connectivity index (χ3v) is 3.25. The highest BCUT2D eigenvalue weighted by Crippen LogP contribution is 2.06. The van der Waals surface area contributed by atoms with Crippen LogP contribution in [0.2, 0.25) is 0 Å². The molecule has 9 heteroatoms. The molecule has 0 radical (unpaired) electrons. The number of nitrogens with two attached hydrogens (primary N) is 1. The zero-order chi connectivity index (χ0) is 17.3. The van der Waals surface area contributed by atoms with Gasteiger partial charge in [0.1, 0.15) is 12.6 Å². The molecule has 3 atom stereocenters. The van der Waals surface area contributed by atoms with Gasteiger partial charge in [0.2, 0.25) is 11.8 Å². The molecule has 0 aromatic carbocycles. The molecule has 0 aromatic heterocycles. The van der Waals surface area contributed by atoms with Crippen LogP contribution in [0.5, 0.6) is 0 Å². The molecule has 9 nitrogen and oxygen atoms in total. The largest absolute Gasteiger partial charge is 0.481 e. The Morgan fingerprint density at radius 2 is 1.68 bits per heavy atom. The number of rotatable bonds is 10. The number of carboxylic acids is 2. The van der Waals surface area contributed by atoms with Crippen molar-refractivity contribution in [3.63, 3.8) is 0 Å². The van der Waals surface area contributed by atoms with Crippen molar-refractivity contribution in [3.8, 4) is 0 Å². The van der Waals surface area contributed by atoms with E-state index in [0.29, 0.717) is 6.42 Å². The average Bonchev–Trinajstić information content (AvgIpc) is 2.46. The summed E-state index contributed by atoms with van der Waals surface area (Å²) in [5.74, 6) is -3.81. The van der Waals surface area contributed by atoms with Gasteiger partial charge < -0.3 is 26.6 Å². The second-order valence-electron chi connectivity index (χ2n) is 5.02. The molecule has 0 aliphatic carbocycles. The van der Waals surface area contributed by atoms with Crippen LogP contribution in [-0.2, 0) is 19.2 Å². The molecule has 0 rings (SSSR count). The Kier molecular flexibility index (Phi) is 8.76. The molecule has 0 spiro atoms. The van der Waals surface area contributed by atoms with Gasteiger partial charge in [-0.05, 0) is 12.3 Å². The summed E-state index contributed by atoms with van der Waals surface area (Å²) in [6.07, 6.45) is 0.170. The SMILES string of the molecule is CCC(C)C(N)C(=O)NC(CCC(=O)O)C(=O)NCC(=O)O. The standard InChI is InChI=1S/C13H23N3O6/c1-3-7(2)11(14)13(22)16-8(4-5-9(17)18)12(21)15-6-10(19)20/h7-8,11H,3-6,14H2,1-2H3,(H,15,21)(H,16,22)(H,17,18)(H,19,20). The van der Waals surface area contributed by atoms with Crippen molar-refractivity contribution in [1.82, 2.24) is 10.6 Å². The highest BCUT2D eigenvalue weighted by Gasteiger charge is 2.26. The van der Waals surface area contributed by atoms with Crippen LogP contribution >= 0.6 is 0 Å². The minimum absolute atomic E-state index is 0.109. The summed E-state index contributed by atoms with van der Waals surface area (Å²) in [4.78, 5) is 44.8. The maximum absolute atomic E-state index is 12.0. The molecule has 0 saturated heterocycles. The number of aliphatic carboxylic acids is 2. The first-order valence-electron chi connectivity index (χ1n) is 6.96. The molecular formula is C13H23N3O6. The lowest BCUT2D eigenvalue weighted by Crippen LogP contribution is -2.53. The van der Waals surface area contributed by atoms with E-state index < -0.39 is 42.4 Å². The molecule has 3 unspecified atom stereocenters. The predicted molar refractivity (Wildman–Crippen MR) is 76.9 cm³/mol. The zero-order valence-electron chi connectivity index (χ0n) is 12.7. The smallest absolute Gasteiger partial charge is 0.322 e. The fourth-order valence-electron chi connectivity index (χ4n) is 1.60. The quantitative estimate of drug-likeness (QED) is 0.342. The molecule has 0 aliphatic heterocycles. The van der Waals surface area contributed by atoms with E-state index in [1.165, 1.54) is 0 Å². The molecule has 126 valence electrons. The average molecular weight is 317 g/mol. The van der Waals surface area contributed by atoms with Gasteiger partial charge in [0, 0.05) is 6.42 Å². The molecule has 0 aromatic rings. The highest BCUT2D eigenvalue weighted by atomic mass is 16.4. The number of carboxylic acid groups (broad SMARTS) is 2. The van der Waals surface area contributed by atoms with Crippen LogP contribution in [0.3, 0.4) is 0 Å². The van der Waals surface area contributed by atoms with Gasteiger partial charge in [0.05, 0.1) is 6.04 Å². The van der Waals surface area contributed by atoms with E-state index in [2.05, 4.69) is 10.6 Å². The Morgan fingerprint density at radius 3 is 2.14 bits per heavy atom. The van der Waals surface area contributed by atoms with Crippen LogP contribution in [0.25, 0.3) is 0 Å². The van der Waals surface area contributed by atoms with Crippen LogP contribution in [0.4, 0.5) is 0 Å². The van der Waals surface area contributed by atoms with E-state index in [4.69, 9.17) is 15.9 Å². The second kappa shape index (κ2) is 9.72. The molecule has 0 saturated carbocycles. The van der Waals surface area contributed by atoms with Gasteiger partial charge in [0.25, 0.3) is 0 Å². The monoisotopic (exact) mass is 317 g/mol. The number of hydrogen-bond donors (Lipinski definition) is 5. The lowest BCUT2D eigenvalue weighted by Gasteiger charge is -2.22. The summed E-state index contributed by atoms with van der Waals surface area (Å²) in [6, 6.07) is -1.97. The van der Waals surface area contributed by atoms with Gasteiger partial charge in [-0.15, -0.1) is 0 Å². The predicted octanol–water partition coefficient (Wildman–Crippen LogP) is -1.09. The fourth-order valence-corrected chi connectivity index (χ4v) is 1.60. The third kappa shape index (κ3) is 7.58. The van der Waals surface area contributed by atoms with Crippen LogP contribution in [-0.4, -0.2) is 52.6 Å². The number of nitrogens with one attached hydrogen (secondary N) is 2. The Hall–Kier alpha value is -2.16. The van der Waals surface area contributed by atoms with E-state index >= 15 is 0 Å². The first-order valence-corrected chi connectivity index (χ1v) is 6.96. The minimum atomic E-state index is -1.24. The molecule has 0 heterocycles. The molecule has 0 bridgehead atoms.